The zero-order chi connectivity index (χ0) is 17.7. The van der Waals surface area contributed by atoms with E-state index >= 15 is 0 Å². The van der Waals surface area contributed by atoms with Crippen LogP contribution in [0.15, 0.2) is 48.5 Å². The molecule has 3 aromatic carbocycles. The van der Waals surface area contributed by atoms with Crippen molar-refractivity contribution in [3.8, 4) is 0 Å². The Balaban J connectivity index is 2.41. The zero-order valence-electron chi connectivity index (χ0n) is 16.1. The number of hydrogen-bond donors (Lipinski definition) is 0. The van der Waals surface area contributed by atoms with E-state index in [2.05, 4.69) is 99.0 Å². The molecule has 0 aliphatic rings. The third kappa shape index (κ3) is 3.03. The van der Waals surface area contributed by atoms with Gasteiger partial charge in [0.2, 0.25) is 0 Å². The number of benzene rings is 3. The summed E-state index contributed by atoms with van der Waals surface area (Å²) in [7, 11) is -2.97. The molecular formula is C21H29NSi2. The second kappa shape index (κ2) is 5.74. The van der Waals surface area contributed by atoms with Crippen LogP contribution in [0.5, 0.6) is 0 Å². The van der Waals surface area contributed by atoms with Gasteiger partial charge in [0.15, 0.2) is 0 Å². The van der Waals surface area contributed by atoms with Crippen molar-refractivity contribution in [1.82, 2.24) is 0 Å². The summed E-state index contributed by atoms with van der Waals surface area (Å²) in [6.07, 6.45) is 0. The van der Waals surface area contributed by atoms with Gasteiger partial charge in [0.05, 0.1) is 0 Å². The van der Waals surface area contributed by atoms with Crippen molar-refractivity contribution in [1.29, 1.82) is 0 Å². The molecule has 0 aromatic heterocycles. The van der Waals surface area contributed by atoms with Gasteiger partial charge in [0, 0.05) is 11.1 Å². The molecule has 0 N–H and O–H groups in total. The molecule has 0 radical (unpaired) electrons. The van der Waals surface area contributed by atoms with Gasteiger partial charge in [-0.15, -0.1) is 0 Å². The maximum atomic E-state index is 2.85. The predicted octanol–water partition coefficient (Wildman–Crippen LogP) is 6.78. The molecule has 3 aromatic rings. The van der Waals surface area contributed by atoms with Crippen LogP contribution in [-0.2, 0) is 0 Å². The largest absolute Gasteiger partial charge is 0.424 e. The van der Waals surface area contributed by atoms with Crippen molar-refractivity contribution < 1.29 is 0 Å². The van der Waals surface area contributed by atoms with Crippen molar-refractivity contribution >= 4 is 43.7 Å². The topological polar surface area (TPSA) is 3.24 Å². The van der Waals surface area contributed by atoms with Crippen LogP contribution in [-0.4, -0.2) is 16.5 Å². The lowest BCUT2D eigenvalue weighted by atomic mass is 10.0. The van der Waals surface area contributed by atoms with Crippen LogP contribution < -0.4 is 4.23 Å². The van der Waals surface area contributed by atoms with E-state index in [4.69, 9.17) is 0 Å². The van der Waals surface area contributed by atoms with Gasteiger partial charge >= 0.3 is 0 Å². The van der Waals surface area contributed by atoms with E-state index in [1.807, 2.05) is 0 Å². The van der Waals surface area contributed by atoms with Gasteiger partial charge in [0.1, 0.15) is 16.5 Å². The molecule has 24 heavy (non-hydrogen) atoms. The monoisotopic (exact) mass is 351 g/mol. The first-order valence-corrected chi connectivity index (χ1v) is 15.7. The van der Waals surface area contributed by atoms with Gasteiger partial charge in [-0.25, -0.2) is 0 Å². The molecule has 0 saturated carbocycles. The fraction of sp³-hybridized carbons (Fsp3) is 0.333. The summed E-state index contributed by atoms with van der Waals surface area (Å²) in [5, 5.41) is 5.43. The van der Waals surface area contributed by atoms with Crippen LogP contribution in [0.3, 0.4) is 0 Å². The highest BCUT2D eigenvalue weighted by Crippen LogP contribution is 2.38. The van der Waals surface area contributed by atoms with Crippen LogP contribution in [0.2, 0.25) is 39.3 Å². The fourth-order valence-corrected chi connectivity index (χ4v) is 14.1. The smallest absolute Gasteiger partial charge is 0.138 e. The third-order valence-corrected chi connectivity index (χ3v) is 11.8. The van der Waals surface area contributed by atoms with Crippen molar-refractivity contribution in [2.75, 3.05) is 4.23 Å². The number of nitrogens with zero attached hydrogens (tertiary/aromatic N) is 1. The minimum Gasteiger partial charge on any atom is -0.424 e. The Bertz CT molecular complexity index is 887. The average molecular weight is 352 g/mol. The minimum absolute atomic E-state index is 1.33. The maximum Gasteiger partial charge on any atom is 0.138 e. The van der Waals surface area contributed by atoms with E-state index in [0.29, 0.717) is 0 Å². The summed E-state index contributed by atoms with van der Waals surface area (Å²) >= 11 is 0. The first-order valence-electron chi connectivity index (χ1n) is 8.81. The Morgan fingerprint density at radius 2 is 1.21 bits per heavy atom. The first-order chi connectivity index (χ1) is 11.1. The Morgan fingerprint density at radius 3 is 1.75 bits per heavy atom. The summed E-state index contributed by atoms with van der Waals surface area (Å²) < 4.78 is 2.85. The van der Waals surface area contributed by atoms with Crippen LogP contribution >= 0.6 is 0 Å². The number of hydrogen-bond acceptors (Lipinski definition) is 1. The Morgan fingerprint density at radius 1 is 0.667 bits per heavy atom. The normalized spacial score (nSPS) is 12.8. The number of rotatable bonds is 3. The van der Waals surface area contributed by atoms with Gasteiger partial charge in [0.25, 0.3) is 0 Å². The molecule has 0 aliphatic carbocycles. The van der Waals surface area contributed by atoms with Gasteiger partial charge in [-0.1, -0.05) is 75.7 Å². The van der Waals surface area contributed by atoms with Crippen LogP contribution in [0, 0.1) is 6.92 Å². The van der Waals surface area contributed by atoms with Gasteiger partial charge < -0.3 is 4.23 Å². The van der Waals surface area contributed by atoms with E-state index in [-0.39, 0.29) is 0 Å². The molecule has 0 unspecified atom stereocenters. The molecule has 0 bridgehead atoms. The second-order valence-electron chi connectivity index (χ2n) is 8.83. The van der Waals surface area contributed by atoms with Crippen molar-refractivity contribution in [2.45, 2.75) is 46.2 Å². The van der Waals surface area contributed by atoms with E-state index in [1.54, 1.807) is 0 Å². The Kier molecular flexibility index (Phi) is 4.13. The minimum atomic E-state index is -1.48. The van der Waals surface area contributed by atoms with Gasteiger partial charge in [-0.05, 0) is 40.8 Å². The molecule has 0 spiro atoms. The number of aryl methyl sites for hydroxylation is 1. The molecule has 1 nitrogen and oxygen atoms in total. The highest BCUT2D eigenvalue weighted by atomic mass is 28.4. The Hall–Kier alpha value is -1.59. The molecule has 3 heteroatoms. The maximum absolute atomic E-state index is 2.85. The summed E-state index contributed by atoms with van der Waals surface area (Å²) in [6.45, 7) is 17.1. The summed E-state index contributed by atoms with van der Waals surface area (Å²) in [5.41, 5.74) is 2.89. The summed E-state index contributed by atoms with van der Waals surface area (Å²) in [5.74, 6) is 0. The van der Waals surface area contributed by atoms with Crippen molar-refractivity contribution in [3.63, 3.8) is 0 Å². The lowest BCUT2D eigenvalue weighted by molar-refractivity contribution is 1.33. The van der Waals surface area contributed by atoms with Crippen molar-refractivity contribution in [2.24, 2.45) is 0 Å². The van der Waals surface area contributed by atoms with Crippen LogP contribution in [0.1, 0.15) is 5.56 Å². The first kappa shape index (κ1) is 17.2. The standard InChI is InChI=1S/C21H29NSi2/c1-16-12-13-19-14-17-10-8-9-11-18(17)15-20(19)21(16)22(23(2,3)4)24(5,6)7/h8-15H,1-7H3. The molecule has 0 amide bonds. The third-order valence-electron chi connectivity index (χ3n) is 4.62. The summed E-state index contributed by atoms with van der Waals surface area (Å²) in [4.78, 5) is 0. The van der Waals surface area contributed by atoms with E-state index in [9.17, 15) is 0 Å². The fourth-order valence-electron chi connectivity index (χ4n) is 4.08. The lowest BCUT2D eigenvalue weighted by Gasteiger charge is -2.47. The molecule has 0 aliphatic heterocycles. The molecule has 3 rings (SSSR count). The molecule has 0 heterocycles. The van der Waals surface area contributed by atoms with E-state index in [1.165, 1.54) is 32.8 Å². The molecule has 0 atom stereocenters. The predicted molar refractivity (Wildman–Crippen MR) is 115 cm³/mol. The van der Waals surface area contributed by atoms with Gasteiger partial charge in [-0.3, -0.25) is 0 Å². The average Bonchev–Trinajstić information content (AvgIpc) is 2.46. The van der Waals surface area contributed by atoms with Crippen LogP contribution in [0.25, 0.3) is 21.5 Å². The lowest BCUT2D eigenvalue weighted by Crippen LogP contribution is -2.59. The van der Waals surface area contributed by atoms with Crippen molar-refractivity contribution in [3.05, 3.63) is 54.1 Å². The summed E-state index contributed by atoms with van der Waals surface area (Å²) in [6, 6.07) is 18.0. The van der Waals surface area contributed by atoms with E-state index < -0.39 is 16.5 Å². The molecular weight excluding hydrogens is 322 g/mol. The highest BCUT2D eigenvalue weighted by Gasteiger charge is 2.36. The molecule has 0 fully saturated rings. The van der Waals surface area contributed by atoms with E-state index in [0.717, 1.165) is 0 Å². The highest BCUT2D eigenvalue weighted by molar-refractivity contribution is 6.99. The van der Waals surface area contributed by atoms with Gasteiger partial charge in [-0.2, -0.15) is 0 Å². The molecule has 126 valence electrons. The van der Waals surface area contributed by atoms with Crippen LogP contribution in [0.4, 0.5) is 5.69 Å². The zero-order valence-corrected chi connectivity index (χ0v) is 18.1. The quantitative estimate of drug-likeness (QED) is 0.371. The second-order valence-corrected chi connectivity index (χ2v) is 18.9. The number of anilines is 1. The SMILES string of the molecule is Cc1ccc2cc3ccccc3cc2c1N([Si](C)(C)C)[Si](C)(C)C. The Labute approximate surface area is 148 Å². The number of fused-ring (bicyclic) bond motifs is 2. The molecule has 0 saturated heterocycles.